The summed E-state index contributed by atoms with van der Waals surface area (Å²) < 4.78 is 27.2. The van der Waals surface area contributed by atoms with Crippen LogP contribution in [-0.2, 0) is 0 Å². The minimum Gasteiger partial charge on any atom is -0.391 e. The molecule has 0 bridgehead atoms. The van der Waals surface area contributed by atoms with Gasteiger partial charge in [0.1, 0.15) is 11.3 Å². The van der Waals surface area contributed by atoms with Crippen LogP contribution in [0.25, 0.3) is 10.9 Å². The molecule has 106 valence electrons. The van der Waals surface area contributed by atoms with Gasteiger partial charge in [0.15, 0.2) is 5.82 Å². The number of rotatable bonds is 1. The molecule has 1 fully saturated rings. The van der Waals surface area contributed by atoms with Crippen LogP contribution in [0.1, 0.15) is 13.3 Å². The molecule has 1 aromatic heterocycles. The molecule has 0 radical (unpaired) electrons. The summed E-state index contributed by atoms with van der Waals surface area (Å²) in [5, 5.41) is 10.4. The fraction of sp³-hybridized carbons (Fsp3) is 0.400. The largest absolute Gasteiger partial charge is 0.391 e. The van der Waals surface area contributed by atoms with Crippen molar-refractivity contribution in [2.75, 3.05) is 18.0 Å². The van der Waals surface area contributed by atoms with Crippen LogP contribution in [0.15, 0.2) is 24.4 Å². The number of piperidine rings is 1. The van der Waals surface area contributed by atoms with E-state index in [-0.39, 0.29) is 11.4 Å². The number of benzene rings is 1. The lowest BCUT2D eigenvalue weighted by atomic mass is 9.95. The van der Waals surface area contributed by atoms with Gasteiger partial charge in [-0.25, -0.2) is 8.78 Å². The van der Waals surface area contributed by atoms with Crippen LogP contribution in [0.3, 0.4) is 0 Å². The number of anilines is 1. The Morgan fingerprint density at radius 3 is 2.90 bits per heavy atom. The second kappa shape index (κ2) is 4.98. The molecule has 1 N–H and O–H groups in total. The number of nitrogens with zero attached hydrogens (tertiary/aromatic N) is 2. The van der Waals surface area contributed by atoms with Crippen molar-refractivity contribution in [3.63, 3.8) is 0 Å². The number of hydrogen-bond acceptors (Lipinski definition) is 3. The van der Waals surface area contributed by atoms with Gasteiger partial charge in [0.25, 0.3) is 0 Å². The van der Waals surface area contributed by atoms with Gasteiger partial charge in [0.2, 0.25) is 0 Å². The van der Waals surface area contributed by atoms with Crippen LogP contribution < -0.4 is 4.90 Å². The summed E-state index contributed by atoms with van der Waals surface area (Å²) in [6.45, 7) is 3.24. The van der Waals surface area contributed by atoms with E-state index in [0.29, 0.717) is 11.9 Å². The van der Waals surface area contributed by atoms with Gasteiger partial charge in [-0.3, -0.25) is 4.98 Å². The quantitative estimate of drug-likeness (QED) is 0.871. The normalized spacial score (nSPS) is 23.3. The van der Waals surface area contributed by atoms with Gasteiger partial charge in [-0.15, -0.1) is 0 Å². The van der Waals surface area contributed by atoms with Gasteiger partial charge < -0.3 is 10.0 Å². The first-order valence-corrected chi connectivity index (χ1v) is 6.73. The minimum absolute atomic E-state index is 0.164. The highest BCUT2D eigenvalue weighted by Gasteiger charge is 2.25. The second-order valence-electron chi connectivity index (χ2n) is 5.39. The van der Waals surface area contributed by atoms with Crippen molar-refractivity contribution in [1.29, 1.82) is 0 Å². The van der Waals surface area contributed by atoms with Gasteiger partial charge in [-0.05, 0) is 24.5 Å². The Labute approximate surface area is 115 Å². The van der Waals surface area contributed by atoms with E-state index in [1.807, 2.05) is 11.8 Å². The number of fused-ring (bicyclic) bond motifs is 1. The maximum absolute atomic E-state index is 13.8. The first kappa shape index (κ1) is 13.2. The monoisotopic (exact) mass is 278 g/mol. The fourth-order valence-electron chi connectivity index (χ4n) is 2.71. The third kappa shape index (κ3) is 2.22. The molecule has 0 amide bonds. The fourth-order valence-corrected chi connectivity index (χ4v) is 2.71. The molecule has 5 heteroatoms. The van der Waals surface area contributed by atoms with E-state index in [1.54, 1.807) is 6.07 Å². The first-order chi connectivity index (χ1) is 9.56. The van der Waals surface area contributed by atoms with Crippen molar-refractivity contribution >= 4 is 16.6 Å². The Bertz CT molecular complexity index is 647. The lowest BCUT2D eigenvalue weighted by Gasteiger charge is -2.36. The number of halogens is 2. The summed E-state index contributed by atoms with van der Waals surface area (Å²) in [6, 6.07) is 3.88. The van der Waals surface area contributed by atoms with E-state index in [2.05, 4.69) is 4.98 Å². The Balaban J connectivity index is 2.08. The van der Waals surface area contributed by atoms with E-state index in [4.69, 9.17) is 0 Å². The van der Waals surface area contributed by atoms with Crippen molar-refractivity contribution in [1.82, 2.24) is 4.98 Å². The molecular weight excluding hydrogens is 262 g/mol. The van der Waals surface area contributed by atoms with Crippen LogP contribution in [0.2, 0.25) is 0 Å². The highest BCUT2D eigenvalue weighted by molar-refractivity contribution is 5.92. The standard InChI is InChI=1S/C15H16F2N2O/c1-9-3-5-19(8-14(9)20)13-2-4-18-15-11(13)6-10(16)7-12(15)17/h2,4,6-7,9,14,20H,3,5,8H2,1H3/t9-,14-/m0/s1. The number of β-amino-alcohol motifs (C(OH)–C–C–N with tert-alkyl or cyclic N) is 1. The molecule has 1 aliphatic heterocycles. The summed E-state index contributed by atoms with van der Waals surface area (Å²) in [6.07, 6.45) is 1.94. The highest BCUT2D eigenvalue weighted by atomic mass is 19.1. The van der Waals surface area contributed by atoms with Gasteiger partial charge >= 0.3 is 0 Å². The van der Waals surface area contributed by atoms with E-state index in [1.165, 1.54) is 12.3 Å². The number of hydrogen-bond donors (Lipinski definition) is 1. The molecular formula is C15H16F2N2O. The zero-order chi connectivity index (χ0) is 14.3. The minimum atomic E-state index is -0.659. The van der Waals surface area contributed by atoms with E-state index >= 15 is 0 Å². The van der Waals surface area contributed by atoms with Crippen LogP contribution in [0.4, 0.5) is 14.5 Å². The zero-order valence-corrected chi connectivity index (χ0v) is 11.2. The third-order valence-electron chi connectivity index (χ3n) is 4.00. The maximum Gasteiger partial charge on any atom is 0.152 e. The number of aromatic nitrogens is 1. The number of pyridine rings is 1. The molecule has 2 aromatic rings. The van der Waals surface area contributed by atoms with Crippen molar-refractivity contribution in [2.45, 2.75) is 19.4 Å². The topological polar surface area (TPSA) is 36.4 Å². The van der Waals surface area contributed by atoms with Crippen molar-refractivity contribution < 1.29 is 13.9 Å². The summed E-state index contributed by atoms with van der Waals surface area (Å²) in [5.74, 6) is -1.03. The molecule has 0 saturated carbocycles. The third-order valence-corrected chi connectivity index (χ3v) is 4.00. The lowest BCUT2D eigenvalue weighted by Crippen LogP contribution is -2.43. The molecule has 2 atom stereocenters. The molecule has 20 heavy (non-hydrogen) atoms. The average Bonchev–Trinajstić information content (AvgIpc) is 2.41. The Morgan fingerprint density at radius 1 is 1.35 bits per heavy atom. The predicted octanol–water partition coefficient (Wildman–Crippen LogP) is 2.72. The predicted molar refractivity (Wildman–Crippen MR) is 73.7 cm³/mol. The van der Waals surface area contributed by atoms with Crippen molar-refractivity contribution in [3.8, 4) is 0 Å². The molecule has 2 heterocycles. The summed E-state index contributed by atoms with van der Waals surface area (Å²) in [7, 11) is 0. The summed E-state index contributed by atoms with van der Waals surface area (Å²) in [5.41, 5.74) is 0.886. The Hall–Kier alpha value is -1.75. The highest BCUT2D eigenvalue weighted by Crippen LogP contribution is 2.30. The van der Waals surface area contributed by atoms with Crippen LogP contribution in [-0.4, -0.2) is 29.3 Å². The SMILES string of the molecule is C[C@H]1CCN(c2ccnc3c(F)cc(F)cc23)C[C@@H]1O. The summed E-state index contributed by atoms with van der Waals surface area (Å²) in [4.78, 5) is 5.95. The molecule has 0 aliphatic carbocycles. The molecule has 0 unspecified atom stereocenters. The van der Waals surface area contributed by atoms with Crippen molar-refractivity contribution in [3.05, 3.63) is 36.0 Å². The first-order valence-electron chi connectivity index (χ1n) is 6.73. The summed E-state index contributed by atoms with van der Waals surface area (Å²) >= 11 is 0. The molecule has 3 nitrogen and oxygen atoms in total. The molecule has 1 saturated heterocycles. The second-order valence-corrected chi connectivity index (χ2v) is 5.39. The van der Waals surface area contributed by atoms with Gasteiger partial charge in [0, 0.05) is 36.4 Å². The van der Waals surface area contributed by atoms with E-state index in [9.17, 15) is 13.9 Å². The number of aliphatic hydroxyl groups is 1. The van der Waals surface area contributed by atoms with E-state index in [0.717, 1.165) is 24.7 Å². The van der Waals surface area contributed by atoms with E-state index < -0.39 is 17.7 Å². The molecule has 1 aromatic carbocycles. The Morgan fingerprint density at radius 2 is 2.15 bits per heavy atom. The van der Waals surface area contributed by atoms with Crippen LogP contribution in [0, 0.1) is 17.6 Å². The van der Waals surface area contributed by atoms with Crippen LogP contribution in [0.5, 0.6) is 0 Å². The Kier molecular flexibility index (Phi) is 3.30. The van der Waals surface area contributed by atoms with Crippen molar-refractivity contribution in [2.24, 2.45) is 5.92 Å². The molecule has 0 spiro atoms. The molecule has 3 rings (SSSR count). The van der Waals surface area contributed by atoms with Gasteiger partial charge in [0.05, 0.1) is 6.10 Å². The van der Waals surface area contributed by atoms with Crippen LogP contribution >= 0.6 is 0 Å². The van der Waals surface area contributed by atoms with Gasteiger partial charge in [-0.2, -0.15) is 0 Å². The smallest absolute Gasteiger partial charge is 0.152 e. The zero-order valence-electron chi connectivity index (χ0n) is 11.2. The molecule has 1 aliphatic rings. The average molecular weight is 278 g/mol. The number of aliphatic hydroxyl groups excluding tert-OH is 1. The van der Waals surface area contributed by atoms with Gasteiger partial charge in [-0.1, -0.05) is 6.92 Å². The lowest BCUT2D eigenvalue weighted by molar-refractivity contribution is 0.103. The maximum atomic E-state index is 13.8.